The van der Waals surface area contributed by atoms with E-state index in [2.05, 4.69) is 27.0 Å². The Hall–Kier alpha value is -2.68. The minimum absolute atomic E-state index is 0.107. The van der Waals surface area contributed by atoms with Crippen LogP contribution in [0.2, 0.25) is 0 Å². The Morgan fingerprint density at radius 1 is 1.35 bits per heavy atom. The van der Waals surface area contributed by atoms with Crippen molar-refractivity contribution in [1.82, 2.24) is 20.0 Å². The summed E-state index contributed by atoms with van der Waals surface area (Å²) in [6.07, 6.45) is 4.30. The summed E-state index contributed by atoms with van der Waals surface area (Å²) in [5.74, 6) is 4.52. The molecule has 0 spiro atoms. The van der Waals surface area contributed by atoms with Crippen LogP contribution in [0, 0.1) is 11.8 Å². The van der Waals surface area contributed by atoms with Crippen LogP contribution in [0.5, 0.6) is 0 Å². The molecule has 84 valence electrons. The Bertz CT molecular complexity index is 622. The minimum Gasteiger partial charge on any atom is -0.478 e. The SMILES string of the molecule is Cn1ncc(C#Cc2cncc(C(=O)O)c2)n1. The number of hydrogen-bond donors (Lipinski definition) is 1. The first kappa shape index (κ1) is 10.8. The number of hydrogen-bond acceptors (Lipinski definition) is 4. The van der Waals surface area contributed by atoms with Gasteiger partial charge in [-0.15, -0.1) is 5.10 Å². The number of pyridine rings is 1. The second-order valence-electron chi connectivity index (χ2n) is 3.24. The molecular formula is C11H8N4O2. The number of carbonyl (C=O) groups is 1. The van der Waals surface area contributed by atoms with E-state index < -0.39 is 5.97 Å². The van der Waals surface area contributed by atoms with Gasteiger partial charge in [0, 0.05) is 25.0 Å². The van der Waals surface area contributed by atoms with Crippen LogP contribution < -0.4 is 0 Å². The summed E-state index contributed by atoms with van der Waals surface area (Å²) in [5, 5.41) is 16.6. The highest BCUT2D eigenvalue weighted by atomic mass is 16.4. The third-order valence-electron chi connectivity index (χ3n) is 1.92. The van der Waals surface area contributed by atoms with Crippen molar-refractivity contribution in [2.45, 2.75) is 0 Å². The summed E-state index contributed by atoms with van der Waals surface area (Å²) in [6.45, 7) is 0. The van der Waals surface area contributed by atoms with Crippen LogP contribution in [0.3, 0.4) is 0 Å². The lowest BCUT2D eigenvalue weighted by Crippen LogP contribution is -1.97. The van der Waals surface area contributed by atoms with Gasteiger partial charge in [-0.2, -0.15) is 9.90 Å². The van der Waals surface area contributed by atoms with Crippen LogP contribution in [-0.2, 0) is 7.05 Å². The van der Waals surface area contributed by atoms with Crippen LogP contribution in [-0.4, -0.2) is 31.1 Å². The standard InChI is InChI=1S/C11H8N4O2/c1-15-13-7-10(14-15)3-2-8-4-9(11(16)17)6-12-5-8/h4-7H,1H3,(H,16,17). The number of aromatic nitrogens is 4. The first-order valence-electron chi connectivity index (χ1n) is 4.72. The smallest absolute Gasteiger partial charge is 0.337 e. The van der Waals surface area contributed by atoms with Crippen molar-refractivity contribution in [1.29, 1.82) is 0 Å². The molecule has 1 N–H and O–H groups in total. The number of carboxylic acids is 1. The van der Waals surface area contributed by atoms with E-state index in [1.807, 2.05) is 0 Å². The van der Waals surface area contributed by atoms with Gasteiger partial charge < -0.3 is 5.11 Å². The van der Waals surface area contributed by atoms with Gasteiger partial charge in [0.05, 0.1) is 11.8 Å². The van der Waals surface area contributed by atoms with Crippen molar-refractivity contribution in [3.8, 4) is 11.8 Å². The van der Waals surface area contributed by atoms with Crippen molar-refractivity contribution < 1.29 is 9.90 Å². The van der Waals surface area contributed by atoms with Crippen molar-refractivity contribution >= 4 is 5.97 Å². The van der Waals surface area contributed by atoms with Gasteiger partial charge in [-0.05, 0) is 12.0 Å². The van der Waals surface area contributed by atoms with E-state index in [0.29, 0.717) is 11.3 Å². The molecule has 0 amide bonds. The lowest BCUT2D eigenvalue weighted by atomic mass is 10.2. The number of nitrogens with zero attached hydrogens (tertiary/aromatic N) is 4. The highest BCUT2D eigenvalue weighted by Crippen LogP contribution is 2.01. The van der Waals surface area contributed by atoms with E-state index in [9.17, 15) is 4.79 Å². The molecule has 0 saturated heterocycles. The topological polar surface area (TPSA) is 80.9 Å². The maximum Gasteiger partial charge on any atom is 0.337 e. The average molecular weight is 228 g/mol. The zero-order chi connectivity index (χ0) is 12.3. The number of aromatic carboxylic acids is 1. The Labute approximate surface area is 96.9 Å². The van der Waals surface area contributed by atoms with Gasteiger partial charge in [0.15, 0.2) is 5.69 Å². The van der Waals surface area contributed by atoms with Gasteiger partial charge in [0.1, 0.15) is 0 Å². The molecule has 6 nitrogen and oxygen atoms in total. The van der Waals surface area contributed by atoms with Crippen LogP contribution in [0.4, 0.5) is 0 Å². The van der Waals surface area contributed by atoms with E-state index in [4.69, 9.17) is 5.11 Å². The average Bonchev–Trinajstić information content (AvgIpc) is 2.73. The summed E-state index contributed by atoms with van der Waals surface area (Å²) in [4.78, 5) is 15.9. The van der Waals surface area contributed by atoms with E-state index in [-0.39, 0.29) is 5.56 Å². The molecule has 0 aliphatic rings. The molecule has 2 rings (SSSR count). The molecule has 0 bridgehead atoms. The molecule has 0 aliphatic carbocycles. The molecule has 0 saturated carbocycles. The van der Waals surface area contributed by atoms with Crippen LogP contribution in [0.15, 0.2) is 24.7 Å². The Morgan fingerprint density at radius 3 is 2.82 bits per heavy atom. The predicted molar refractivity (Wildman–Crippen MR) is 58.2 cm³/mol. The molecule has 0 radical (unpaired) electrons. The lowest BCUT2D eigenvalue weighted by Gasteiger charge is -1.93. The van der Waals surface area contributed by atoms with Crippen molar-refractivity contribution in [3.05, 3.63) is 41.5 Å². The molecule has 2 aromatic heterocycles. The molecule has 0 aromatic carbocycles. The van der Waals surface area contributed by atoms with Crippen LogP contribution >= 0.6 is 0 Å². The molecular weight excluding hydrogens is 220 g/mol. The summed E-state index contributed by atoms with van der Waals surface area (Å²) in [5.41, 5.74) is 1.15. The van der Waals surface area contributed by atoms with Gasteiger partial charge in [-0.1, -0.05) is 5.92 Å². The zero-order valence-corrected chi connectivity index (χ0v) is 8.95. The predicted octanol–water partition coefficient (Wildman–Crippen LogP) is 0.308. The molecule has 2 heterocycles. The minimum atomic E-state index is -1.03. The maximum absolute atomic E-state index is 10.7. The monoisotopic (exact) mass is 228 g/mol. The summed E-state index contributed by atoms with van der Waals surface area (Å²) >= 11 is 0. The summed E-state index contributed by atoms with van der Waals surface area (Å²) < 4.78 is 0. The van der Waals surface area contributed by atoms with Gasteiger partial charge in [-0.25, -0.2) is 4.79 Å². The third-order valence-corrected chi connectivity index (χ3v) is 1.92. The van der Waals surface area contributed by atoms with Crippen LogP contribution in [0.1, 0.15) is 21.6 Å². The fourth-order valence-electron chi connectivity index (χ4n) is 1.16. The molecule has 2 aromatic rings. The number of rotatable bonds is 1. The number of carboxylic acid groups (broad SMARTS) is 1. The van der Waals surface area contributed by atoms with E-state index in [1.165, 1.54) is 29.5 Å². The van der Waals surface area contributed by atoms with Gasteiger partial charge in [0.2, 0.25) is 0 Å². The highest BCUT2D eigenvalue weighted by Gasteiger charge is 2.02. The van der Waals surface area contributed by atoms with E-state index in [0.717, 1.165) is 0 Å². The Balaban J connectivity index is 2.27. The van der Waals surface area contributed by atoms with Crippen molar-refractivity contribution in [3.63, 3.8) is 0 Å². The second-order valence-corrected chi connectivity index (χ2v) is 3.24. The molecule has 0 atom stereocenters. The quantitative estimate of drug-likeness (QED) is 0.710. The zero-order valence-electron chi connectivity index (χ0n) is 8.95. The molecule has 17 heavy (non-hydrogen) atoms. The number of aryl methyl sites for hydroxylation is 1. The molecule has 6 heteroatoms. The van der Waals surface area contributed by atoms with E-state index in [1.54, 1.807) is 7.05 Å². The van der Waals surface area contributed by atoms with Gasteiger partial charge in [0.25, 0.3) is 0 Å². The molecule has 0 unspecified atom stereocenters. The van der Waals surface area contributed by atoms with Gasteiger partial charge >= 0.3 is 5.97 Å². The van der Waals surface area contributed by atoms with Crippen molar-refractivity contribution in [2.24, 2.45) is 7.05 Å². The van der Waals surface area contributed by atoms with Gasteiger partial charge in [-0.3, -0.25) is 4.98 Å². The first-order valence-corrected chi connectivity index (χ1v) is 4.72. The second kappa shape index (κ2) is 4.45. The first-order chi connectivity index (χ1) is 8.15. The largest absolute Gasteiger partial charge is 0.478 e. The normalized spacial score (nSPS) is 9.47. The lowest BCUT2D eigenvalue weighted by molar-refractivity contribution is 0.0696. The van der Waals surface area contributed by atoms with Crippen molar-refractivity contribution in [2.75, 3.05) is 0 Å². The highest BCUT2D eigenvalue weighted by molar-refractivity contribution is 5.87. The van der Waals surface area contributed by atoms with Crippen LogP contribution in [0.25, 0.3) is 0 Å². The fourth-order valence-corrected chi connectivity index (χ4v) is 1.16. The summed E-state index contributed by atoms with van der Waals surface area (Å²) in [7, 11) is 1.69. The third kappa shape index (κ3) is 2.66. The van der Waals surface area contributed by atoms with E-state index >= 15 is 0 Å². The summed E-state index contributed by atoms with van der Waals surface area (Å²) in [6, 6.07) is 1.46. The molecule has 0 fully saturated rings. The molecule has 0 aliphatic heterocycles. The Morgan fingerprint density at radius 2 is 2.18 bits per heavy atom. The maximum atomic E-state index is 10.7. The Kier molecular flexibility index (Phi) is 2.83. The fraction of sp³-hybridized carbons (Fsp3) is 0.0909.